The van der Waals surface area contributed by atoms with Gasteiger partial charge in [-0.05, 0) is 24.3 Å². The van der Waals surface area contributed by atoms with Crippen molar-refractivity contribution >= 4 is 16.8 Å². The predicted molar refractivity (Wildman–Crippen MR) is 63.8 cm³/mol. The summed E-state index contributed by atoms with van der Waals surface area (Å²) in [5.74, 6) is -1.22. The first kappa shape index (κ1) is 10.7. The lowest BCUT2D eigenvalue weighted by Gasteiger charge is -1.95. The molecule has 0 amide bonds. The Hall–Kier alpha value is -2.43. The Kier molecular flexibility index (Phi) is 2.26. The molecule has 3 nitrogen and oxygen atoms in total. The number of hydrogen-bond acceptors (Lipinski definition) is 3. The summed E-state index contributed by atoms with van der Waals surface area (Å²) in [4.78, 5) is 4.05. The summed E-state index contributed by atoms with van der Waals surface area (Å²) >= 11 is 0. The first-order valence-electron chi connectivity index (χ1n) is 5.25. The van der Waals surface area contributed by atoms with Crippen molar-refractivity contribution in [2.75, 3.05) is 5.73 Å². The van der Waals surface area contributed by atoms with E-state index in [4.69, 9.17) is 10.2 Å². The quantitative estimate of drug-likeness (QED) is 0.670. The van der Waals surface area contributed by atoms with Crippen LogP contribution in [0, 0.1) is 11.6 Å². The summed E-state index contributed by atoms with van der Waals surface area (Å²) in [5.41, 5.74) is 6.92. The molecule has 3 aromatic rings. The zero-order chi connectivity index (χ0) is 12.7. The van der Waals surface area contributed by atoms with Crippen molar-refractivity contribution in [3.63, 3.8) is 0 Å². The number of nitrogens with two attached hydrogens (primary N) is 1. The van der Waals surface area contributed by atoms with Gasteiger partial charge in [0.15, 0.2) is 11.4 Å². The third-order valence-electron chi connectivity index (χ3n) is 2.57. The number of rotatable bonds is 1. The molecule has 0 aliphatic heterocycles. The lowest BCUT2D eigenvalue weighted by Crippen LogP contribution is -1.83. The van der Waals surface area contributed by atoms with Gasteiger partial charge in [-0.2, -0.15) is 0 Å². The minimum atomic E-state index is -0.765. The maximum Gasteiger partial charge on any atom is 0.227 e. The van der Waals surface area contributed by atoms with E-state index in [0.717, 1.165) is 12.1 Å². The molecule has 0 saturated heterocycles. The molecule has 90 valence electrons. The summed E-state index contributed by atoms with van der Waals surface area (Å²) in [6.45, 7) is 0. The number of nitrogen functional groups attached to an aromatic ring is 1. The van der Waals surface area contributed by atoms with Crippen LogP contribution in [0.4, 0.5) is 14.5 Å². The Morgan fingerprint density at radius 3 is 2.50 bits per heavy atom. The van der Waals surface area contributed by atoms with E-state index in [9.17, 15) is 8.78 Å². The average molecular weight is 246 g/mol. The lowest BCUT2D eigenvalue weighted by molar-refractivity contribution is 0.550. The van der Waals surface area contributed by atoms with Gasteiger partial charge < -0.3 is 10.2 Å². The number of hydrogen-bond donors (Lipinski definition) is 1. The number of nitrogens with zero attached hydrogens (tertiary/aromatic N) is 1. The molecule has 0 radical (unpaired) electrons. The minimum absolute atomic E-state index is 0.0526. The van der Waals surface area contributed by atoms with Crippen LogP contribution in [0.3, 0.4) is 0 Å². The van der Waals surface area contributed by atoms with Gasteiger partial charge in [-0.25, -0.2) is 13.8 Å². The molecule has 0 aliphatic rings. The van der Waals surface area contributed by atoms with Crippen LogP contribution in [0.15, 0.2) is 40.8 Å². The molecular formula is C13H8F2N2O. The molecule has 1 aromatic heterocycles. The predicted octanol–water partition coefficient (Wildman–Crippen LogP) is 3.36. The van der Waals surface area contributed by atoms with Crippen LogP contribution < -0.4 is 5.73 Å². The molecular weight excluding hydrogens is 238 g/mol. The second-order valence-electron chi connectivity index (χ2n) is 3.88. The SMILES string of the molecule is Nc1ccc(-c2nc3cc(F)cc(F)c3o2)cc1. The third-order valence-corrected chi connectivity index (χ3v) is 2.57. The smallest absolute Gasteiger partial charge is 0.227 e. The molecule has 1 heterocycles. The van der Waals surface area contributed by atoms with Crippen molar-refractivity contribution in [2.45, 2.75) is 0 Å². The van der Waals surface area contributed by atoms with E-state index < -0.39 is 11.6 Å². The van der Waals surface area contributed by atoms with Gasteiger partial charge in [-0.3, -0.25) is 0 Å². The molecule has 0 aliphatic carbocycles. The van der Waals surface area contributed by atoms with E-state index in [1.807, 2.05) is 0 Å². The van der Waals surface area contributed by atoms with E-state index in [-0.39, 0.29) is 17.0 Å². The Balaban J connectivity index is 2.19. The minimum Gasteiger partial charge on any atom is -0.433 e. The molecule has 18 heavy (non-hydrogen) atoms. The second kappa shape index (κ2) is 3.80. The highest BCUT2D eigenvalue weighted by molar-refractivity contribution is 5.77. The number of fused-ring (bicyclic) bond motifs is 1. The molecule has 0 unspecified atom stereocenters. The summed E-state index contributed by atoms with van der Waals surface area (Å²) in [7, 11) is 0. The molecule has 0 fully saturated rings. The van der Waals surface area contributed by atoms with Crippen molar-refractivity contribution in [2.24, 2.45) is 0 Å². The second-order valence-corrected chi connectivity index (χ2v) is 3.88. The normalized spacial score (nSPS) is 11.0. The van der Waals surface area contributed by atoms with Crippen LogP contribution in [0.2, 0.25) is 0 Å². The number of anilines is 1. The molecule has 0 atom stereocenters. The highest BCUT2D eigenvalue weighted by Gasteiger charge is 2.13. The standard InChI is InChI=1S/C13H8F2N2O/c14-8-5-10(15)12-11(6-8)17-13(18-12)7-1-3-9(16)4-2-7/h1-6H,16H2. The van der Waals surface area contributed by atoms with Crippen LogP contribution in [-0.4, -0.2) is 4.98 Å². The van der Waals surface area contributed by atoms with E-state index in [1.165, 1.54) is 0 Å². The van der Waals surface area contributed by atoms with Gasteiger partial charge in [0, 0.05) is 23.4 Å². The van der Waals surface area contributed by atoms with Crippen LogP contribution in [0.1, 0.15) is 0 Å². The summed E-state index contributed by atoms with van der Waals surface area (Å²) in [5, 5.41) is 0. The maximum atomic E-state index is 13.4. The lowest BCUT2D eigenvalue weighted by atomic mass is 10.2. The fourth-order valence-corrected chi connectivity index (χ4v) is 1.71. The molecule has 5 heteroatoms. The zero-order valence-corrected chi connectivity index (χ0v) is 9.15. The van der Waals surface area contributed by atoms with E-state index in [1.54, 1.807) is 24.3 Å². The van der Waals surface area contributed by atoms with E-state index >= 15 is 0 Å². The van der Waals surface area contributed by atoms with Crippen LogP contribution in [-0.2, 0) is 0 Å². The highest BCUT2D eigenvalue weighted by atomic mass is 19.1. The van der Waals surface area contributed by atoms with Gasteiger partial charge in [0.25, 0.3) is 0 Å². The van der Waals surface area contributed by atoms with E-state index in [2.05, 4.69) is 4.98 Å². The molecule has 0 spiro atoms. The fourth-order valence-electron chi connectivity index (χ4n) is 1.71. The Bertz CT molecular complexity index is 720. The van der Waals surface area contributed by atoms with Gasteiger partial charge in [-0.1, -0.05) is 0 Å². The Morgan fingerprint density at radius 2 is 1.78 bits per heavy atom. The number of halogens is 2. The fraction of sp³-hybridized carbons (Fsp3) is 0. The average Bonchev–Trinajstić information content (AvgIpc) is 2.74. The van der Waals surface area contributed by atoms with Crippen LogP contribution >= 0.6 is 0 Å². The summed E-state index contributed by atoms with van der Waals surface area (Å²) in [6, 6.07) is 8.66. The van der Waals surface area contributed by atoms with Gasteiger partial charge in [-0.15, -0.1) is 0 Å². The monoisotopic (exact) mass is 246 g/mol. The van der Waals surface area contributed by atoms with Crippen molar-refractivity contribution in [3.05, 3.63) is 48.0 Å². The van der Waals surface area contributed by atoms with Crippen molar-refractivity contribution in [1.82, 2.24) is 4.98 Å². The number of benzene rings is 2. The molecule has 0 saturated carbocycles. The highest BCUT2D eigenvalue weighted by Crippen LogP contribution is 2.27. The van der Waals surface area contributed by atoms with Crippen LogP contribution in [0.25, 0.3) is 22.6 Å². The molecule has 2 aromatic carbocycles. The topological polar surface area (TPSA) is 52.0 Å². The molecule has 0 bridgehead atoms. The zero-order valence-electron chi connectivity index (χ0n) is 9.15. The molecule has 3 rings (SSSR count). The van der Waals surface area contributed by atoms with Gasteiger partial charge >= 0.3 is 0 Å². The number of oxazole rings is 1. The van der Waals surface area contributed by atoms with Crippen molar-refractivity contribution in [3.8, 4) is 11.5 Å². The summed E-state index contributed by atoms with van der Waals surface area (Å²) < 4.78 is 31.8. The first-order chi connectivity index (χ1) is 8.63. The van der Waals surface area contributed by atoms with Gasteiger partial charge in [0.05, 0.1) is 0 Å². The Labute approximate surface area is 101 Å². The molecule has 2 N–H and O–H groups in total. The van der Waals surface area contributed by atoms with Crippen molar-refractivity contribution in [1.29, 1.82) is 0 Å². The van der Waals surface area contributed by atoms with Crippen LogP contribution in [0.5, 0.6) is 0 Å². The van der Waals surface area contributed by atoms with Gasteiger partial charge in [0.2, 0.25) is 5.89 Å². The van der Waals surface area contributed by atoms with Crippen molar-refractivity contribution < 1.29 is 13.2 Å². The largest absolute Gasteiger partial charge is 0.433 e. The first-order valence-corrected chi connectivity index (χ1v) is 5.25. The summed E-state index contributed by atoms with van der Waals surface area (Å²) in [6.07, 6.45) is 0. The Morgan fingerprint density at radius 1 is 1.06 bits per heavy atom. The third kappa shape index (κ3) is 1.69. The maximum absolute atomic E-state index is 13.4. The number of aromatic nitrogens is 1. The van der Waals surface area contributed by atoms with Gasteiger partial charge in [0.1, 0.15) is 11.3 Å². The van der Waals surface area contributed by atoms with E-state index in [0.29, 0.717) is 11.3 Å².